The number of rotatable bonds is 3. The van der Waals surface area contributed by atoms with Gasteiger partial charge in [-0.1, -0.05) is 24.4 Å². The van der Waals surface area contributed by atoms with E-state index in [9.17, 15) is 9.59 Å². The van der Waals surface area contributed by atoms with Crippen molar-refractivity contribution in [2.45, 2.75) is 18.6 Å². The Morgan fingerprint density at radius 2 is 2.40 bits per heavy atom. The number of hydrogen-bond donors (Lipinski definition) is 0. The lowest BCUT2D eigenvalue weighted by Crippen LogP contribution is -2.29. The van der Waals surface area contributed by atoms with Gasteiger partial charge in [0.1, 0.15) is 6.61 Å². The molecule has 15 heavy (non-hydrogen) atoms. The summed E-state index contributed by atoms with van der Waals surface area (Å²) in [7, 11) is 0. The first-order valence-electron chi connectivity index (χ1n) is 4.83. The maximum atomic E-state index is 11.4. The van der Waals surface area contributed by atoms with E-state index in [2.05, 4.69) is 6.58 Å². The Balaban J connectivity index is 2.31. The number of carbonyl (C=O) groups excluding carboxylic acids is 2. The van der Waals surface area contributed by atoms with Gasteiger partial charge in [0.05, 0.1) is 0 Å². The lowest BCUT2D eigenvalue weighted by molar-refractivity contribution is -0.109. The summed E-state index contributed by atoms with van der Waals surface area (Å²) in [5.41, 5.74) is 0. The van der Waals surface area contributed by atoms with Crippen LogP contribution in [0.3, 0.4) is 0 Å². The van der Waals surface area contributed by atoms with Gasteiger partial charge in [-0.3, -0.25) is 4.79 Å². The first-order chi connectivity index (χ1) is 7.13. The molecule has 4 nitrogen and oxygen atoms in total. The Bertz CT molecular complexity index is 267. The van der Waals surface area contributed by atoms with Crippen molar-refractivity contribution in [1.82, 2.24) is 4.90 Å². The first kappa shape index (κ1) is 12.1. The fraction of sp³-hybridized carbons (Fsp3) is 0.600. The zero-order valence-electron chi connectivity index (χ0n) is 8.77. The average Bonchev–Trinajstić information content (AvgIpc) is 2.61. The van der Waals surface area contributed by atoms with Gasteiger partial charge in [-0.05, 0) is 6.42 Å². The molecule has 84 valence electrons. The molecule has 1 amide bonds. The van der Waals surface area contributed by atoms with Gasteiger partial charge < -0.3 is 9.64 Å². The highest BCUT2D eigenvalue weighted by Crippen LogP contribution is 2.23. The summed E-state index contributed by atoms with van der Waals surface area (Å²) in [6, 6.07) is 0. The molecule has 0 bridgehead atoms. The van der Waals surface area contributed by atoms with E-state index < -0.39 is 0 Å². The smallest absolute Gasteiger partial charge is 0.410 e. The average molecular weight is 229 g/mol. The summed E-state index contributed by atoms with van der Waals surface area (Å²) in [5.74, 6) is 0. The number of ether oxygens (including phenoxy) is 1. The minimum absolute atomic E-state index is 0.0984. The second-order valence-electron chi connectivity index (χ2n) is 3.33. The number of nitrogens with zero attached hydrogens (tertiary/aromatic N) is 1. The van der Waals surface area contributed by atoms with E-state index in [1.54, 1.807) is 11.8 Å². The third-order valence-electron chi connectivity index (χ3n) is 2.06. The van der Waals surface area contributed by atoms with E-state index in [1.165, 1.54) is 17.8 Å². The Kier molecular flexibility index (Phi) is 4.68. The molecule has 5 heteroatoms. The van der Waals surface area contributed by atoms with Gasteiger partial charge in [0.2, 0.25) is 0 Å². The van der Waals surface area contributed by atoms with Gasteiger partial charge in [-0.25, -0.2) is 4.79 Å². The van der Waals surface area contributed by atoms with Crippen LogP contribution in [0.1, 0.15) is 13.3 Å². The highest BCUT2D eigenvalue weighted by molar-refractivity contribution is 8.14. The molecule has 1 fully saturated rings. The molecule has 0 radical (unpaired) electrons. The van der Waals surface area contributed by atoms with Gasteiger partial charge in [-0.15, -0.1) is 0 Å². The molecule has 0 aliphatic carbocycles. The number of thioether (sulfide) groups is 1. The van der Waals surface area contributed by atoms with Crippen LogP contribution < -0.4 is 0 Å². The maximum Gasteiger partial charge on any atom is 0.410 e. The fourth-order valence-electron chi connectivity index (χ4n) is 1.45. The van der Waals surface area contributed by atoms with E-state index >= 15 is 0 Å². The molecule has 0 saturated carbocycles. The number of likely N-dealkylation sites (tertiary alicyclic amines) is 1. The number of carbonyl (C=O) groups is 2. The predicted molar refractivity (Wildman–Crippen MR) is 59.8 cm³/mol. The standard InChI is InChI=1S/C10H15NO3S/c1-3-6-14-10(13)11-5-4-9(7-11)15-8(2)12/h3,9H,1,4-7H2,2H3/t9-/m0/s1. The van der Waals surface area contributed by atoms with Crippen LogP contribution in [-0.2, 0) is 9.53 Å². The van der Waals surface area contributed by atoms with Crippen LogP contribution in [0.2, 0.25) is 0 Å². The molecular weight excluding hydrogens is 214 g/mol. The van der Waals surface area contributed by atoms with Gasteiger partial charge in [0.25, 0.3) is 0 Å². The maximum absolute atomic E-state index is 11.4. The Morgan fingerprint density at radius 1 is 1.67 bits per heavy atom. The minimum atomic E-state index is -0.318. The van der Waals surface area contributed by atoms with Crippen LogP contribution >= 0.6 is 11.8 Å². The molecule has 0 unspecified atom stereocenters. The Labute approximate surface area is 93.6 Å². The molecule has 0 aromatic rings. The largest absolute Gasteiger partial charge is 0.445 e. The van der Waals surface area contributed by atoms with Crippen molar-refractivity contribution in [3.63, 3.8) is 0 Å². The molecule has 0 spiro atoms. The van der Waals surface area contributed by atoms with Crippen molar-refractivity contribution in [2.75, 3.05) is 19.7 Å². The van der Waals surface area contributed by atoms with Crippen LogP contribution in [0, 0.1) is 0 Å². The summed E-state index contributed by atoms with van der Waals surface area (Å²) < 4.78 is 4.90. The predicted octanol–water partition coefficient (Wildman–Crippen LogP) is 1.66. The lowest BCUT2D eigenvalue weighted by Gasteiger charge is -2.14. The van der Waals surface area contributed by atoms with E-state index in [4.69, 9.17) is 4.74 Å². The highest BCUT2D eigenvalue weighted by Gasteiger charge is 2.28. The Hall–Kier alpha value is -0.970. The molecular formula is C10H15NO3S. The SMILES string of the molecule is C=CCOC(=O)N1CC[C@H](SC(C)=O)C1. The van der Waals surface area contributed by atoms with Gasteiger partial charge >= 0.3 is 6.09 Å². The van der Waals surface area contributed by atoms with E-state index in [1.807, 2.05) is 0 Å². The fourth-order valence-corrected chi connectivity index (χ4v) is 2.39. The van der Waals surface area contributed by atoms with Gasteiger partial charge in [0, 0.05) is 25.3 Å². The first-order valence-corrected chi connectivity index (χ1v) is 5.71. The molecule has 0 N–H and O–H groups in total. The van der Waals surface area contributed by atoms with E-state index in [-0.39, 0.29) is 23.1 Å². The molecule has 1 aliphatic heterocycles. The summed E-state index contributed by atoms with van der Waals surface area (Å²) in [4.78, 5) is 23.9. The van der Waals surface area contributed by atoms with Crippen molar-refractivity contribution in [1.29, 1.82) is 0 Å². The van der Waals surface area contributed by atoms with Gasteiger partial charge in [0.15, 0.2) is 5.12 Å². The molecule has 1 atom stereocenters. The van der Waals surface area contributed by atoms with E-state index in [0.717, 1.165) is 6.42 Å². The highest BCUT2D eigenvalue weighted by atomic mass is 32.2. The van der Waals surface area contributed by atoms with Crippen LogP contribution in [0.25, 0.3) is 0 Å². The zero-order valence-corrected chi connectivity index (χ0v) is 9.59. The monoisotopic (exact) mass is 229 g/mol. The van der Waals surface area contributed by atoms with Crippen LogP contribution in [0.5, 0.6) is 0 Å². The van der Waals surface area contributed by atoms with Crippen molar-refractivity contribution in [3.05, 3.63) is 12.7 Å². The number of amides is 1. The molecule has 1 heterocycles. The quantitative estimate of drug-likeness (QED) is 0.690. The number of hydrogen-bond acceptors (Lipinski definition) is 4. The summed E-state index contributed by atoms with van der Waals surface area (Å²) in [5, 5.41) is 0.320. The van der Waals surface area contributed by atoms with Crippen LogP contribution in [0.15, 0.2) is 12.7 Å². The van der Waals surface area contributed by atoms with Crippen molar-refractivity contribution >= 4 is 23.0 Å². The summed E-state index contributed by atoms with van der Waals surface area (Å²) in [6.45, 7) is 6.52. The van der Waals surface area contributed by atoms with E-state index in [0.29, 0.717) is 13.1 Å². The second kappa shape index (κ2) is 5.80. The zero-order chi connectivity index (χ0) is 11.3. The third kappa shape index (κ3) is 3.95. The van der Waals surface area contributed by atoms with Crippen molar-refractivity contribution in [2.24, 2.45) is 0 Å². The van der Waals surface area contributed by atoms with Gasteiger partial charge in [-0.2, -0.15) is 0 Å². The lowest BCUT2D eigenvalue weighted by atomic mass is 10.4. The minimum Gasteiger partial charge on any atom is -0.445 e. The Morgan fingerprint density at radius 3 is 3.00 bits per heavy atom. The van der Waals surface area contributed by atoms with Crippen LogP contribution in [-0.4, -0.2) is 41.1 Å². The normalized spacial score (nSPS) is 20.1. The molecule has 1 rings (SSSR count). The molecule has 1 saturated heterocycles. The third-order valence-corrected chi connectivity index (χ3v) is 3.11. The second-order valence-corrected chi connectivity index (χ2v) is 4.81. The molecule has 1 aliphatic rings. The van der Waals surface area contributed by atoms with Crippen LogP contribution in [0.4, 0.5) is 4.79 Å². The molecule has 0 aromatic carbocycles. The van der Waals surface area contributed by atoms with Crippen molar-refractivity contribution < 1.29 is 14.3 Å². The summed E-state index contributed by atoms with van der Waals surface area (Å²) in [6.07, 6.45) is 2.07. The molecule has 0 aromatic heterocycles. The topological polar surface area (TPSA) is 46.6 Å². The summed E-state index contributed by atoms with van der Waals surface area (Å²) >= 11 is 1.30. The van der Waals surface area contributed by atoms with Crippen molar-refractivity contribution in [3.8, 4) is 0 Å².